The monoisotopic (exact) mass is 296 g/mol. The van der Waals surface area contributed by atoms with Crippen LogP contribution in [0.4, 0.5) is 4.39 Å². The van der Waals surface area contributed by atoms with E-state index in [1.54, 1.807) is 0 Å². The second-order valence-corrected chi connectivity index (χ2v) is 5.82. The molecule has 21 heavy (non-hydrogen) atoms. The normalized spacial score (nSPS) is 13.9. The number of amides is 1. The Morgan fingerprint density at radius 1 is 1.33 bits per heavy atom. The van der Waals surface area contributed by atoms with Crippen LogP contribution in [0.1, 0.15) is 33.3 Å². The Kier molecular flexibility index (Phi) is 6.62. The average Bonchev–Trinajstić information content (AvgIpc) is 2.36. The van der Waals surface area contributed by atoms with E-state index in [0.29, 0.717) is 23.7 Å². The lowest BCUT2D eigenvalue weighted by Gasteiger charge is -2.18. The number of rotatable bonds is 7. The number of nitrogens with two attached hydrogens (primary N) is 1. The Morgan fingerprint density at radius 2 is 2.00 bits per heavy atom. The van der Waals surface area contributed by atoms with Crippen molar-refractivity contribution in [2.75, 3.05) is 6.61 Å². The van der Waals surface area contributed by atoms with E-state index < -0.39 is 0 Å². The van der Waals surface area contributed by atoms with Gasteiger partial charge >= 0.3 is 0 Å². The van der Waals surface area contributed by atoms with E-state index >= 15 is 0 Å². The molecule has 0 fully saturated rings. The summed E-state index contributed by atoms with van der Waals surface area (Å²) in [6.07, 6.45) is 0.497. The third kappa shape index (κ3) is 6.12. The maximum absolute atomic E-state index is 13.3. The number of carbonyl (C=O) groups excluding carboxylic acids is 1. The lowest BCUT2D eigenvalue weighted by Crippen LogP contribution is -2.39. The average molecular weight is 296 g/mol. The van der Waals surface area contributed by atoms with E-state index in [-0.39, 0.29) is 30.4 Å². The molecule has 4 nitrogen and oxygen atoms in total. The van der Waals surface area contributed by atoms with Crippen molar-refractivity contribution >= 4 is 5.91 Å². The molecule has 1 aromatic carbocycles. The van der Waals surface area contributed by atoms with Crippen molar-refractivity contribution < 1.29 is 13.9 Å². The molecule has 2 atom stereocenters. The molecule has 1 aromatic rings. The highest BCUT2D eigenvalue weighted by Gasteiger charge is 2.13. The van der Waals surface area contributed by atoms with Crippen LogP contribution in [0.5, 0.6) is 5.75 Å². The predicted octanol–water partition coefficient (Wildman–Crippen LogP) is 2.25. The van der Waals surface area contributed by atoms with Crippen LogP contribution in [0.25, 0.3) is 0 Å². The lowest BCUT2D eigenvalue weighted by atomic mass is 10.1. The van der Waals surface area contributed by atoms with Crippen LogP contribution in [-0.2, 0) is 11.2 Å². The van der Waals surface area contributed by atoms with E-state index in [2.05, 4.69) is 5.32 Å². The van der Waals surface area contributed by atoms with Gasteiger partial charge in [0.05, 0.1) is 0 Å². The molecule has 0 saturated heterocycles. The van der Waals surface area contributed by atoms with Gasteiger partial charge in [-0.3, -0.25) is 4.79 Å². The molecule has 0 aliphatic rings. The van der Waals surface area contributed by atoms with Gasteiger partial charge in [-0.15, -0.1) is 0 Å². The number of hydrogen-bond acceptors (Lipinski definition) is 3. The van der Waals surface area contributed by atoms with Gasteiger partial charge in [-0.1, -0.05) is 13.8 Å². The van der Waals surface area contributed by atoms with Gasteiger partial charge in [0.25, 0.3) is 5.91 Å². The fourth-order valence-electron chi connectivity index (χ4n) is 1.80. The van der Waals surface area contributed by atoms with Gasteiger partial charge < -0.3 is 15.8 Å². The molecule has 2 unspecified atom stereocenters. The minimum Gasteiger partial charge on any atom is -0.483 e. The van der Waals surface area contributed by atoms with E-state index in [0.717, 1.165) is 0 Å². The number of benzene rings is 1. The first-order valence-corrected chi connectivity index (χ1v) is 7.25. The van der Waals surface area contributed by atoms with Gasteiger partial charge in [0.2, 0.25) is 0 Å². The van der Waals surface area contributed by atoms with E-state index in [1.165, 1.54) is 18.2 Å². The molecule has 0 radical (unpaired) electrons. The number of halogens is 1. The van der Waals surface area contributed by atoms with Crippen LogP contribution in [-0.4, -0.2) is 24.6 Å². The van der Waals surface area contributed by atoms with Crippen molar-refractivity contribution in [1.29, 1.82) is 0 Å². The number of hydrogen-bond donors (Lipinski definition) is 2. The topological polar surface area (TPSA) is 64.3 Å². The summed E-state index contributed by atoms with van der Waals surface area (Å²) < 4.78 is 18.8. The maximum Gasteiger partial charge on any atom is 0.258 e. The summed E-state index contributed by atoms with van der Waals surface area (Å²) in [5, 5.41) is 2.86. The minimum absolute atomic E-state index is 0.0813. The smallest absolute Gasteiger partial charge is 0.258 e. The SMILES string of the molecule is CC(N)Cc1cc(F)ccc1OCC(=O)NC(C)C(C)C. The zero-order valence-corrected chi connectivity index (χ0v) is 13.2. The number of ether oxygens (including phenoxy) is 1. The fourth-order valence-corrected chi connectivity index (χ4v) is 1.80. The first-order valence-electron chi connectivity index (χ1n) is 7.25. The molecule has 1 rings (SSSR count). The summed E-state index contributed by atoms with van der Waals surface area (Å²) in [4.78, 5) is 11.8. The van der Waals surface area contributed by atoms with Crippen LogP contribution in [0.2, 0.25) is 0 Å². The van der Waals surface area contributed by atoms with Crippen molar-refractivity contribution in [2.24, 2.45) is 11.7 Å². The highest BCUT2D eigenvalue weighted by molar-refractivity contribution is 5.77. The molecule has 0 bridgehead atoms. The summed E-state index contributed by atoms with van der Waals surface area (Å²) in [6.45, 7) is 7.77. The lowest BCUT2D eigenvalue weighted by molar-refractivity contribution is -0.124. The Bertz CT molecular complexity index is 475. The van der Waals surface area contributed by atoms with Crippen LogP contribution >= 0.6 is 0 Å². The number of nitrogens with one attached hydrogen (secondary N) is 1. The Balaban J connectivity index is 2.64. The second-order valence-electron chi connectivity index (χ2n) is 5.82. The standard InChI is InChI=1S/C16H25FN2O2/c1-10(2)12(4)19-16(20)9-21-15-6-5-14(17)8-13(15)7-11(3)18/h5-6,8,10-12H,7,9,18H2,1-4H3,(H,19,20). The molecule has 0 heterocycles. The van der Waals surface area contributed by atoms with Gasteiger partial charge in [0, 0.05) is 12.1 Å². The number of carbonyl (C=O) groups is 1. The van der Waals surface area contributed by atoms with Crippen LogP contribution in [0, 0.1) is 11.7 Å². The van der Waals surface area contributed by atoms with Crippen molar-refractivity contribution in [3.8, 4) is 5.75 Å². The Labute approximate surface area is 125 Å². The third-order valence-electron chi connectivity index (χ3n) is 3.31. The van der Waals surface area contributed by atoms with Crippen LogP contribution in [0.15, 0.2) is 18.2 Å². The van der Waals surface area contributed by atoms with Crippen molar-refractivity contribution in [3.63, 3.8) is 0 Å². The van der Waals surface area contributed by atoms with Crippen molar-refractivity contribution in [1.82, 2.24) is 5.32 Å². The molecule has 3 N–H and O–H groups in total. The minimum atomic E-state index is -0.337. The molecule has 0 aliphatic carbocycles. The Hall–Kier alpha value is -1.62. The first kappa shape index (κ1) is 17.4. The second kappa shape index (κ2) is 7.98. The van der Waals surface area contributed by atoms with E-state index in [1.807, 2.05) is 27.7 Å². The summed E-state index contributed by atoms with van der Waals surface area (Å²) >= 11 is 0. The largest absolute Gasteiger partial charge is 0.483 e. The van der Waals surface area contributed by atoms with Gasteiger partial charge in [0.1, 0.15) is 11.6 Å². The van der Waals surface area contributed by atoms with Crippen molar-refractivity contribution in [2.45, 2.75) is 46.2 Å². The quantitative estimate of drug-likeness (QED) is 0.811. The molecule has 118 valence electrons. The summed E-state index contributed by atoms with van der Waals surface area (Å²) in [5.74, 6) is 0.331. The Morgan fingerprint density at radius 3 is 2.57 bits per heavy atom. The molecular formula is C16H25FN2O2. The van der Waals surface area contributed by atoms with E-state index in [4.69, 9.17) is 10.5 Å². The van der Waals surface area contributed by atoms with Gasteiger partial charge in [-0.05, 0) is 49.9 Å². The van der Waals surface area contributed by atoms with Crippen LogP contribution < -0.4 is 15.8 Å². The highest BCUT2D eigenvalue weighted by atomic mass is 19.1. The van der Waals surface area contributed by atoms with Gasteiger partial charge in [0.15, 0.2) is 6.61 Å². The maximum atomic E-state index is 13.3. The molecule has 0 saturated carbocycles. The molecule has 0 aromatic heterocycles. The van der Waals surface area contributed by atoms with Crippen LogP contribution in [0.3, 0.4) is 0 Å². The highest BCUT2D eigenvalue weighted by Crippen LogP contribution is 2.21. The van der Waals surface area contributed by atoms with E-state index in [9.17, 15) is 9.18 Å². The summed E-state index contributed by atoms with van der Waals surface area (Å²) in [6, 6.07) is 4.22. The summed E-state index contributed by atoms with van der Waals surface area (Å²) in [5.41, 5.74) is 6.42. The molecule has 5 heteroatoms. The van der Waals surface area contributed by atoms with Gasteiger partial charge in [-0.2, -0.15) is 0 Å². The molecule has 0 spiro atoms. The molecule has 1 amide bonds. The molecular weight excluding hydrogens is 271 g/mol. The third-order valence-corrected chi connectivity index (χ3v) is 3.31. The predicted molar refractivity (Wildman–Crippen MR) is 81.7 cm³/mol. The first-order chi connectivity index (χ1) is 9.79. The van der Waals surface area contributed by atoms with Gasteiger partial charge in [-0.25, -0.2) is 4.39 Å². The zero-order chi connectivity index (χ0) is 16.0. The zero-order valence-electron chi connectivity index (χ0n) is 13.2. The van der Waals surface area contributed by atoms with Crippen molar-refractivity contribution in [3.05, 3.63) is 29.6 Å². The summed E-state index contributed by atoms with van der Waals surface area (Å²) in [7, 11) is 0. The fraction of sp³-hybridized carbons (Fsp3) is 0.562. The molecule has 0 aliphatic heterocycles.